The summed E-state index contributed by atoms with van der Waals surface area (Å²) < 4.78 is 28.0. The molecular weight excluding hydrogens is 252 g/mol. The normalized spacial score (nSPS) is 12.3. The van der Waals surface area contributed by atoms with Crippen molar-refractivity contribution in [2.75, 3.05) is 13.1 Å². The van der Waals surface area contributed by atoms with E-state index in [4.69, 9.17) is 5.11 Å². The molecule has 0 aliphatic rings. The number of hydrogen-bond acceptors (Lipinski definition) is 3. The van der Waals surface area contributed by atoms with Gasteiger partial charge >= 0.3 is 0 Å². The lowest BCUT2D eigenvalue weighted by atomic mass is 10.4. The van der Waals surface area contributed by atoms with Crippen molar-refractivity contribution >= 4 is 10.0 Å². The summed E-state index contributed by atoms with van der Waals surface area (Å²) in [5.74, 6) is 0. The maximum absolute atomic E-state index is 12.4. The molecule has 0 unspecified atom stereocenters. The molecule has 0 radical (unpaired) electrons. The lowest BCUT2D eigenvalue weighted by Crippen LogP contribution is -2.32. The highest BCUT2D eigenvalue weighted by molar-refractivity contribution is 7.89. The second kappa shape index (κ2) is 6.36. The Morgan fingerprint density at radius 3 is 2.22 bits per heavy atom. The average molecular weight is 274 g/mol. The molecule has 1 N–H and O–H groups in total. The summed E-state index contributed by atoms with van der Waals surface area (Å²) >= 11 is 0. The lowest BCUT2D eigenvalue weighted by molar-refractivity contribution is 0.272. The third kappa shape index (κ3) is 3.13. The zero-order valence-corrected chi connectivity index (χ0v) is 12.1. The van der Waals surface area contributed by atoms with E-state index in [2.05, 4.69) is 0 Å². The molecule has 0 bridgehead atoms. The van der Waals surface area contributed by atoms with Gasteiger partial charge < -0.3 is 9.67 Å². The zero-order valence-electron chi connectivity index (χ0n) is 11.3. The lowest BCUT2D eigenvalue weighted by Gasteiger charge is -2.20. The molecule has 1 aromatic heterocycles. The third-order valence-corrected chi connectivity index (χ3v) is 4.69. The van der Waals surface area contributed by atoms with Crippen molar-refractivity contribution in [2.24, 2.45) is 7.05 Å². The van der Waals surface area contributed by atoms with E-state index in [0.717, 1.165) is 12.8 Å². The number of sulfonamides is 1. The van der Waals surface area contributed by atoms with Crippen LogP contribution in [0, 0.1) is 0 Å². The Bertz CT molecular complexity index is 474. The minimum atomic E-state index is -3.44. The summed E-state index contributed by atoms with van der Waals surface area (Å²) in [5.41, 5.74) is 0.599. The maximum atomic E-state index is 12.4. The first-order valence-electron chi connectivity index (χ1n) is 6.23. The van der Waals surface area contributed by atoms with E-state index in [1.54, 1.807) is 17.8 Å². The number of hydrogen-bond donors (Lipinski definition) is 1. The van der Waals surface area contributed by atoms with E-state index in [1.165, 1.54) is 10.4 Å². The topological polar surface area (TPSA) is 62.5 Å². The van der Waals surface area contributed by atoms with Gasteiger partial charge in [0.2, 0.25) is 10.0 Å². The van der Waals surface area contributed by atoms with Crippen LogP contribution in [0.4, 0.5) is 0 Å². The second-order valence-electron chi connectivity index (χ2n) is 4.34. The molecule has 104 valence electrons. The van der Waals surface area contributed by atoms with E-state index in [9.17, 15) is 8.42 Å². The monoisotopic (exact) mass is 274 g/mol. The van der Waals surface area contributed by atoms with Gasteiger partial charge in [-0.05, 0) is 18.9 Å². The standard InChI is InChI=1S/C12H22N2O3S/c1-4-6-14(7-5-2)18(16,17)12-8-11(10-15)13(3)9-12/h8-9,15H,4-7,10H2,1-3H3. The van der Waals surface area contributed by atoms with Gasteiger partial charge in [0.15, 0.2) is 0 Å². The Morgan fingerprint density at radius 1 is 1.28 bits per heavy atom. The molecule has 0 saturated carbocycles. The van der Waals surface area contributed by atoms with Crippen molar-refractivity contribution in [1.82, 2.24) is 8.87 Å². The van der Waals surface area contributed by atoms with Crippen LogP contribution in [0.5, 0.6) is 0 Å². The van der Waals surface area contributed by atoms with E-state index in [1.807, 2.05) is 13.8 Å². The molecule has 0 atom stereocenters. The van der Waals surface area contributed by atoms with Crippen molar-refractivity contribution in [2.45, 2.75) is 38.2 Å². The van der Waals surface area contributed by atoms with Gasteiger partial charge in [0, 0.05) is 32.0 Å². The average Bonchev–Trinajstić information content (AvgIpc) is 2.71. The highest BCUT2D eigenvalue weighted by Gasteiger charge is 2.24. The Labute approximate surface area is 109 Å². The first-order chi connectivity index (χ1) is 8.47. The van der Waals surface area contributed by atoms with Crippen molar-refractivity contribution in [3.8, 4) is 0 Å². The van der Waals surface area contributed by atoms with E-state index < -0.39 is 10.0 Å². The van der Waals surface area contributed by atoms with Gasteiger partial charge in [0.05, 0.1) is 6.61 Å². The Balaban J connectivity index is 3.09. The van der Waals surface area contributed by atoms with Crippen LogP contribution in [-0.4, -0.2) is 35.5 Å². The van der Waals surface area contributed by atoms with Crippen molar-refractivity contribution in [3.05, 3.63) is 18.0 Å². The van der Waals surface area contributed by atoms with Crippen molar-refractivity contribution in [3.63, 3.8) is 0 Å². The molecule has 1 aromatic rings. The Kier molecular flexibility index (Phi) is 5.37. The van der Waals surface area contributed by atoms with Gasteiger partial charge in [-0.1, -0.05) is 13.8 Å². The van der Waals surface area contributed by atoms with Gasteiger partial charge in [-0.3, -0.25) is 0 Å². The summed E-state index contributed by atoms with van der Waals surface area (Å²) in [5, 5.41) is 9.11. The predicted molar refractivity (Wildman–Crippen MR) is 70.7 cm³/mol. The van der Waals surface area contributed by atoms with Gasteiger partial charge in [-0.15, -0.1) is 0 Å². The van der Waals surface area contributed by atoms with Crippen molar-refractivity contribution in [1.29, 1.82) is 0 Å². The largest absolute Gasteiger partial charge is 0.390 e. The third-order valence-electron chi connectivity index (χ3n) is 2.83. The number of aliphatic hydroxyl groups excluding tert-OH is 1. The number of aryl methyl sites for hydroxylation is 1. The van der Waals surface area contributed by atoms with Crippen LogP contribution >= 0.6 is 0 Å². The predicted octanol–water partition coefficient (Wildman–Crippen LogP) is 1.33. The highest BCUT2D eigenvalue weighted by atomic mass is 32.2. The summed E-state index contributed by atoms with van der Waals surface area (Å²) in [4.78, 5) is 0.260. The number of aliphatic hydroxyl groups is 1. The van der Waals surface area contributed by atoms with Gasteiger partial charge in [0.1, 0.15) is 4.90 Å². The number of nitrogens with zero attached hydrogens (tertiary/aromatic N) is 2. The van der Waals surface area contributed by atoms with Gasteiger partial charge in [0.25, 0.3) is 0 Å². The molecule has 0 aromatic carbocycles. The van der Waals surface area contributed by atoms with Crippen molar-refractivity contribution < 1.29 is 13.5 Å². The molecule has 0 fully saturated rings. The first-order valence-corrected chi connectivity index (χ1v) is 7.67. The van der Waals surface area contributed by atoms with E-state index in [-0.39, 0.29) is 11.5 Å². The van der Waals surface area contributed by atoms with E-state index >= 15 is 0 Å². The maximum Gasteiger partial charge on any atom is 0.244 e. The summed E-state index contributed by atoms with van der Waals surface area (Å²) in [6.45, 7) is 4.82. The van der Waals surface area contributed by atoms with Crippen LogP contribution < -0.4 is 0 Å². The second-order valence-corrected chi connectivity index (χ2v) is 6.28. The van der Waals surface area contributed by atoms with Crippen LogP contribution in [0.1, 0.15) is 32.4 Å². The van der Waals surface area contributed by atoms with Gasteiger partial charge in [-0.25, -0.2) is 8.42 Å². The van der Waals surface area contributed by atoms with Crippen LogP contribution in [-0.2, 0) is 23.7 Å². The van der Waals surface area contributed by atoms with Crippen LogP contribution in [0.2, 0.25) is 0 Å². The molecule has 0 spiro atoms. The first kappa shape index (κ1) is 15.2. The van der Waals surface area contributed by atoms with Crippen LogP contribution in [0.25, 0.3) is 0 Å². The molecule has 0 amide bonds. The van der Waals surface area contributed by atoms with Crippen LogP contribution in [0.15, 0.2) is 17.2 Å². The minimum absolute atomic E-state index is 0.159. The zero-order chi connectivity index (χ0) is 13.8. The molecule has 5 nitrogen and oxygen atoms in total. The van der Waals surface area contributed by atoms with Crippen LogP contribution in [0.3, 0.4) is 0 Å². The summed E-state index contributed by atoms with van der Waals surface area (Å²) in [6, 6.07) is 1.54. The fraction of sp³-hybridized carbons (Fsp3) is 0.667. The summed E-state index contributed by atoms with van der Waals surface area (Å²) in [6.07, 6.45) is 3.14. The summed E-state index contributed by atoms with van der Waals surface area (Å²) in [7, 11) is -1.71. The molecule has 18 heavy (non-hydrogen) atoms. The van der Waals surface area contributed by atoms with E-state index in [0.29, 0.717) is 18.8 Å². The molecule has 0 saturated heterocycles. The molecule has 0 aliphatic carbocycles. The quantitative estimate of drug-likeness (QED) is 0.816. The molecule has 1 rings (SSSR count). The minimum Gasteiger partial charge on any atom is -0.390 e. The molecule has 1 heterocycles. The fourth-order valence-corrected chi connectivity index (χ4v) is 3.60. The Hall–Kier alpha value is -0.850. The Morgan fingerprint density at radius 2 is 1.83 bits per heavy atom. The molecule has 6 heteroatoms. The molecule has 0 aliphatic heterocycles. The highest BCUT2D eigenvalue weighted by Crippen LogP contribution is 2.19. The molecular formula is C12H22N2O3S. The smallest absolute Gasteiger partial charge is 0.244 e. The number of rotatable bonds is 7. The number of aromatic nitrogens is 1. The van der Waals surface area contributed by atoms with Gasteiger partial charge in [-0.2, -0.15) is 4.31 Å². The fourth-order valence-electron chi connectivity index (χ4n) is 1.88. The SMILES string of the molecule is CCCN(CCC)S(=O)(=O)c1cc(CO)n(C)c1.